The van der Waals surface area contributed by atoms with Crippen molar-refractivity contribution in [3.8, 4) is 5.75 Å². The summed E-state index contributed by atoms with van der Waals surface area (Å²) in [5.41, 5.74) is 1.11. The Morgan fingerprint density at radius 3 is 2.18 bits per heavy atom. The number of rotatable bonds is 3. The highest BCUT2D eigenvalue weighted by Gasteiger charge is 2.20. The maximum absolute atomic E-state index is 10.3. The van der Waals surface area contributed by atoms with E-state index in [2.05, 4.69) is 0 Å². The van der Waals surface area contributed by atoms with E-state index in [0.29, 0.717) is 12.3 Å². The molecule has 0 aliphatic heterocycles. The largest absolute Gasteiger partial charge is 0.508 e. The van der Waals surface area contributed by atoms with Crippen LogP contribution in [0.1, 0.15) is 44.1 Å². The van der Waals surface area contributed by atoms with Crippen LogP contribution in [0.2, 0.25) is 0 Å². The fraction of sp³-hybridized carbons (Fsp3) is 0.600. The summed E-state index contributed by atoms with van der Waals surface area (Å²) >= 11 is 0. The van der Waals surface area contributed by atoms with Gasteiger partial charge in [0.05, 0.1) is 6.10 Å². The zero-order chi connectivity index (χ0) is 12.1. The Bertz CT molecular complexity index is 323. The fourth-order valence-corrected chi connectivity index (χ4v) is 2.74. The Labute approximate surface area is 103 Å². The Hall–Kier alpha value is -1.02. The summed E-state index contributed by atoms with van der Waals surface area (Å²) < 4.78 is 0. The lowest BCUT2D eigenvalue weighted by molar-refractivity contribution is 0.0986. The number of aliphatic hydroxyl groups excluding tert-OH is 1. The average Bonchev–Trinajstić information content (AvgIpc) is 2.61. The lowest BCUT2D eigenvalue weighted by Gasteiger charge is -2.21. The third kappa shape index (κ3) is 3.74. The Morgan fingerprint density at radius 2 is 1.59 bits per heavy atom. The standard InChI is InChI=1S/C15H22O2/c16-14-9-7-12(8-10-14)11-15(17)13-5-3-1-2-4-6-13/h7-10,13,15-17H,1-6,11H2. The molecule has 1 aromatic carbocycles. The van der Waals surface area contributed by atoms with E-state index in [1.165, 1.54) is 38.5 Å². The van der Waals surface area contributed by atoms with Crippen LogP contribution in [0, 0.1) is 5.92 Å². The SMILES string of the molecule is Oc1ccc(CC(O)C2CCCCCC2)cc1. The molecule has 1 saturated carbocycles. The van der Waals surface area contributed by atoms with Crippen LogP contribution in [0.15, 0.2) is 24.3 Å². The van der Waals surface area contributed by atoms with E-state index < -0.39 is 0 Å². The van der Waals surface area contributed by atoms with Crippen molar-refractivity contribution in [1.82, 2.24) is 0 Å². The second-order valence-corrected chi connectivity index (χ2v) is 5.19. The molecule has 1 aliphatic rings. The Morgan fingerprint density at radius 1 is 1.00 bits per heavy atom. The molecule has 0 aromatic heterocycles. The first kappa shape index (κ1) is 12.4. The van der Waals surface area contributed by atoms with Gasteiger partial charge in [-0.2, -0.15) is 0 Å². The molecule has 1 atom stereocenters. The lowest BCUT2D eigenvalue weighted by atomic mass is 9.90. The molecule has 17 heavy (non-hydrogen) atoms. The van der Waals surface area contributed by atoms with Crippen molar-refractivity contribution in [2.45, 2.75) is 51.0 Å². The van der Waals surface area contributed by atoms with Crippen LogP contribution < -0.4 is 0 Å². The van der Waals surface area contributed by atoms with E-state index in [9.17, 15) is 10.2 Å². The molecule has 1 aliphatic carbocycles. The molecule has 94 valence electrons. The maximum atomic E-state index is 10.3. The molecule has 1 aromatic rings. The third-order valence-corrected chi connectivity index (χ3v) is 3.83. The van der Waals surface area contributed by atoms with Crippen LogP contribution in [-0.2, 0) is 6.42 Å². The smallest absolute Gasteiger partial charge is 0.115 e. The first-order valence-corrected chi connectivity index (χ1v) is 6.71. The monoisotopic (exact) mass is 234 g/mol. The number of aromatic hydroxyl groups is 1. The minimum Gasteiger partial charge on any atom is -0.508 e. The minimum absolute atomic E-state index is 0.224. The number of phenolic OH excluding ortho intramolecular Hbond substituents is 1. The normalized spacial score (nSPS) is 19.8. The van der Waals surface area contributed by atoms with Gasteiger partial charge >= 0.3 is 0 Å². The van der Waals surface area contributed by atoms with Crippen molar-refractivity contribution >= 4 is 0 Å². The number of phenols is 1. The van der Waals surface area contributed by atoms with Gasteiger partial charge in [-0.05, 0) is 42.9 Å². The molecular weight excluding hydrogens is 212 g/mol. The van der Waals surface area contributed by atoms with Crippen LogP contribution in [-0.4, -0.2) is 16.3 Å². The second-order valence-electron chi connectivity index (χ2n) is 5.19. The summed E-state index contributed by atoms with van der Waals surface area (Å²) in [6.07, 6.45) is 7.99. The van der Waals surface area contributed by atoms with E-state index in [4.69, 9.17) is 0 Å². The zero-order valence-electron chi connectivity index (χ0n) is 10.3. The van der Waals surface area contributed by atoms with Gasteiger partial charge in [-0.15, -0.1) is 0 Å². The summed E-state index contributed by atoms with van der Waals surface area (Å²) in [5, 5.41) is 19.5. The van der Waals surface area contributed by atoms with Gasteiger partial charge in [-0.25, -0.2) is 0 Å². The van der Waals surface area contributed by atoms with Gasteiger partial charge in [0.1, 0.15) is 5.75 Å². The third-order valence-electron chi connectivity index (χ3n) is 3.83. The van der Waals surface area contributed by atoms with Gasteiger partial charge in [-0.3, -0.25) is 0 Å². The molecule has 2 N–H and O–H groups in total. The zero-order valence-corrected chi connectivity index (χ0v) is 10.3. The maximum Gasteiger partial charge on any atom is 0.115 e. The van der Waals surface area contributed by atoms with E-state index in [-0.39, 0.29) is 11.9 Å². The highest BCUT2D eigenvalue weighted by molar-refractivity contribution is 5.26. The quantitative estimate of drug-likeness (QED) is 0.788. The topological polar surface area (TPSA) is 40.5 Å². The summed E-state index contributed by atoms with van der Waals surface area (Å²) in [5.74, 6) is 0.754. The molecule has 2 heteroatoms. The van der Waals surface area contributed by atoms with Gasteiger partial charge in [0.15, 0.2) is 0 Å². The van der Waals surface area contributed by atoms with Gasteiger partial charge in [0.2, 0.25) is 0 Å². The van der Waals surface area contributed by atoms with Gasteiger partial charge in [-0.1, -0.05) is 37.8 Å². The molecule has 0 radical (unpaired) electrons. The molecule has 1 fully saturated rings. The summed E-state index contributed by atoms with van der Waals surface area (Å²) in [7, 11) is 0. The first-order chi connectivity index (χ1) is 8.25. The second kappa shape index (κ2) is 6.06. The Balaban J connectivity index is 1.90. The highest BCUT2D eigenvalue weighted by atomic mass is 16.3. The molecular formula is C15H22O2. The van der Waals surface area contributed by atoms with Crippen LogP contribution in [0.4, 0.5) is 0 Å². The van der Waals surface area contributed by atoms with Gasteiger partial charge in [0, 0.05) is 0 Å². The molecule has 1 unspecified atom stereocenters. The van der Waals surface area contributed by atoms with Crippen molar-refractivity contribution < 1.29 is 10.2 Å². The molecule has 0 spiro atoms. The predicted molar refractivity (Wildman–Crippen MR) is 69.0 cm³/mol. The summed E-state index contributed by atoms with van der Waals surface area (Å²) in [6.45, 7) is 0. The van der Waals surface area contributed by atoms with E-state index in [1.807, 2.05) is 12.1 Å². The molecule has 2 nitrogen and oxygen atoms in total. The number of aliphatic hydroxyl groups is 1. The first-order valence-electron chi connectivity index (χ1n) is 6.71. The molecule has 2 rings (SSSR count). The van der Waals surface area contributed by atoms with E-state index in [1.54, 1.807) is 12.1 Å². The van der Waals surface area contributed by atoms with Gasteiger partial charge in [0.25, 0.3) is 0 Å². The van der Waals surface area contributed by atoms with E-state index in [0.717, 1.165) is 5.56 Å². The molecule has 0 heterocycles. The van der Waals surface area contributed by atoms with Crippen molar-refractivity contribution in [2.75, 3.05) is 0 Å². The summed E-state index contributed by atoms with van der Waals surface area (Å²) in [4.78, 5) is 0. The van der Waals surface area contributed by atoms with Crippen LogP contribution >= 0.6 is 0 Å². The number of benzene rings is 1. The predicted octanol–water partition coefficient (Wildman–Crippen LogP) is 3.27. The van der Waals surface area contributed by atoms with Gasteiger partial charge < -0.3 is 10.2 Å². The van der Waals surface area contributed by atoms with Crippen molar-refractivity contribution in [2.24, 2.45) is 5.92 Å². The van der Waals surface area contributed by atoms with Crippen molar-refractivity contribution in [1.29, 1.82) is 0 Å². The van der Waals surface area contributed by atoms with Crippen molar-refractivity contribution in [3.63, 3.8) is 0 Å². The number of hydrogen-bond acceptors (Lipinski definition) is 2. The fourth-order valence-electron chi connectivity index (χ4n) is 2.74. The molecule has 0 bridgehead atoms. The Kier molecular flexibility index (Phi) is 4.43. The van der Waals surface area contributed by atoms with Crippen LogP contribution in [0.25, 0.3) is 0 Å². The summed E-state index contributed by atoms with van der Waals surface area (Å²) in [6, 6.07) is 7.18. The van der Waals surface area contributed by atoms with Crippen LogP contribution in [0.3, 0.4) is 0 Å². The lowest BCUT2D eigenvalue weighted by Crippen LogP contribution is -2.22. The minimum atomic E-state index is -0.224. The molecule has 0 amide bonds. The average molecular weight is 234 g/mol. The van der Waals surface area contributed by atoms with E-state index >= 15 is 0 Å². The van der Waals surface area contributed by atoms with Crippen LogP contribution in [0.5, 0.6) is 5.75 Å². The van der Waals surface area contributed by atoms with Crippen molar-refractivity contribution in [3.05, 3.63) is 29.8 Å². The molecule has 0 saturated heterocycles. The highest BCUT2D eigenvalue weighted by Crippen LogP contribution is 2.27. The number of hydrogen-bond donors (Lipinski definition) is 2.